The molecule has 1 aromatic carbocycles. The van der Waals surface area contributed by atoms with Gasteiger partial charge >= 0.3 is 0 Å². The standard InChI is InChI=1S/C15H15F2N3O/c1-9-14-13(3-4-20(9)8-21)15(19(2)18-14)10-5-11(16)7-12(17)6-10/h5-9H,3-4H2,1-2H3/t9-/m1/s1. The van der Waals surface area contributed by atoms with Gasteiger partial charge in [0.25, 0.3) is 0 Å². The van der Waals surface area contributed by atoms with E-state index in [1.807, 2.05) is 6.92 Å². The maximum Gasteiger partial charge on any atom is 0.210 e. The van der Waals surface area contributed by atoms with Gasteiger partial charge in [0.1, 0.15) is 11.6 Å². The maximum atomic E-state index is 13.5. The number of amides is 1. The van der Waals surface area contributed by atoms with Gasteiger partial charge in [0.15, 0.2) is 0 Å². The minimum absolute atomic E-state index is 0.135. The first-order chi connectivity index (χ1) is 10.0. The average molecular weight is 291 g/mol. The third-order valence-corrected chi connectivity index (χ3v) is 3.96. The fourth-order valence-electron chi connectivity index (χ4n) is 2.96. The molecule has 4 nitrogen and oxygen atoms in total. The molecule has 1 aromatic heterocycles. The fourth-order valence-corrected chi connectivity index (χ4v) is 2.96. The van der Waals surface area contributed by atoms with E-state index < -0.39 is 11.6 Å². The second kappa shape index (κ2) is 4.95. The molecule has 1 atom stereocenters. The van der Waals surface area contributed by atoms with E-state index in [-0.39, 0.29) is 6.04 Å². The van der Waals surface area contributed by atoms with Crippen LogP contribution in [0, 0.1) is 11.6 Å². The first-order valence-electron chi connectivity index (χ1n) is 6.74. The summed E-state index contributed by atoms with van der Waals surface area (Å²) >= 11 is 0. The number of hydrogen-bond donors (Lipinski definition) is 0. The summed E-state index contributed by atoms with van der Waals surface area (Å²) in [5, 5.41) is 4.44. The van der Waals surface area contributed by atoms with Crippen molar-refractivity contribution in [3.05, 3.63) is 41.1 Å². The molecule has 110 valence electrons. The molecule has 0 N–H and O–H groups in total. The topological polar surface area (TPSA) is 38.1 Å². The van der Waals surface area contributed by atoms with E-state index in [0.717, 1.165) is 23.7 Å². The number of benzene rings is 1. The molecule has 0 fully saturated rings. The van der Waals surface area contributed by atoms with Crippen LogP contribution in [0.5, 0.6) is 0 Å². The Bertz CT molecular complexity index is 691. The summed E-state index contributed by atoms with van der Waals surface area (Å²) in [5.74, 6) is -1.23. The Balaban J connectivity index is 2.15. The molecule has 3 rings (SSSR count). The minimum atomic E-state index is -0.613. The molecule has 0 saturated carbocycles. The van der Waals surface area contributed by atoms with Crippen molar-refractivity contribution in [3.63, 3.8) is 0 Å². The molecule has 6 heteroatoms. The van der Waals surface area contributed by atoms with Crippen LogP contribution in [-0.2, 0) is 18.3 Å². The summed E-state index contributed by atoms with van der Waals surface area (Å²) < 4.78 is 28.5. The lowest BCUT2D eigenvalue weighted by molar-refractivity contribution is -0.120. The van der Waals surface area contributed by atoms with Gasteiger partial charge in [-0.25, -0.2) is 8.78 Å². The number of nitrogens with zero attached hydrogens (tertiary/aromatic N) is 3. The number of carbonyl (C=O) groups excluding carboxylic acids is 1. The Hall–Kier alpha value is -2.24. The smallest absolute Gasteiger partial charge is 0.210 e. The molecule has 21 heavy (non-hydrogen) atoms. The van der Waals surface area contributed by atoms with Crippen LogP contribution in [-0.4, -0.2) is 27.6 Å². The number of aryl methyl sites for hydroxylation is 1. The molecule has 2 heterocycles. The highest BCUT2D eigenvalue weighted by molar-refractivity contribution is 5.66. The SMILES string of the molecule is C[C@@H]1c2nn(C)c(-c3cc(F)cc(F)c3)c2CCN1C=O. The van der Waals surface area contributed by atoms with Crippen LogP contribution in [0.1, 0.15) is 24.2 Å². The van der Waals surface area contributed by atoms with Gasteiger partial charge in [-0.3, -0.25) is 9.48 Å². The lowest BCUT2D eigenvalue weighted by atomic mass is 9.96. The number of halogens is 2. The van der Waals surface area contributed by atoms with Crippen molar-refractivity contribution < 1.29 is 13.6 Å². The van der Waals surface area contributed by atoms with Crippen LogP contribution in [0.3, 0.4) is 0 Å². The molecule has 0 unspecified atom stereocenters. The second-order valence-electron chi connectivity index (χ2n) is 5.26. The van der Waals surface area contributed by atoms with E-state index in [1.54, 1.807) is 16.6 Å². The number of aromatic nitrogens is 2. The maximum absolute atomic E-state index is 13.5. The van der Waals surface area contributed by atoms with Gasteiger partial charge in [-0.05, 0) is 25.5 Å². The van der Waals surface area contributed by atoms with Gasteiger partial charge in [-0.1, -0.05) is 0 Å². The quantitative estimate of drug-likeness (QED) is 0.797. The molecule has 0 bridgehead atoms. The lowest BCUT2D eigenvalue weighted by Crippen LogP contribution is -2.32. The van der Waals surface area contributed by atoms with Crippen molar-refractivity contribution in [2.75, 3.05) is 6.54 Å². The Morgan fingerprint density at radius 2 is 1.95 bits per heavy atom. The summed E-state index contributed by atoms with van der Waals surface area (Å²) in [4.78, 5) is 12.7. The first kappa shape index (κ1) is 13.7. The van der Waals surface area contributed by atoms with E-state index in [1.165, 1.54) is 12.1 Å². The van der Waals surface area contributed by atoms with Crippen molar-refractivity contribution in [1.29, 1.82) is 0 Å². The summed E-state index contributed by atoms with van der Waals surface area (Å²) in [5.41, 5.74) is 2.92. The van der Waals surface area contributed by atoms with Crippen molar-refractivity contribution in [1.82, 2.24) is 14.7 Å². The van der Waals surface area contributed by atoms with Gasteiger partial charge < -0.3 is 4.90 Å². The van der Waals surface area contributed by atoms with E-state index in [2.05, 4.69) is 5.10 Å². The average Bonchev–Trinajstić information content (AvgIpc) is 2.75. The van der Waals surface area contributed by atoms with Gasteiger partial charge in [-0.15, -0.1) is 0 Å². The van der Waals surface area contributed by atoms with E-state index in [9.17, 15) is 13.6 Å². The zero-order chi connectivity index (χ0) is 15.1. The minimum Gasteiger partial charge on any atom is -0.337 e. The van der Waals surface area contributed by atoms with Crippen LogP contribution >= 0.6 is 0 Å². The van der Waals surface area contributed by atoms with E-state index in [4.69, 9.17) is 0 Å². The molecule has 1 aliphatic rings. The lowest BCUT2D eigenvalue weighted by Gasteiger charge is -2.29. The number of hydrogen-bond acceptors (Lipinski definition) is 2. The predicted octanol–water partition coefficient (Wildman–Crippen LogP) is 2.44. The zero-order valence-corrected chi connectivity index (χ0v) is 11.8. The Morgan fingerprint density at radius 3 is 2.57 bits per heavy atom. The monoisotopic (exact) mass is 291 g/mol. The number of fused-ring (bicyclic) bond motifs is 1. The molecule has 0 aliphatic carbocycles. The summed E-state index contributed by atoms with van der Waals surface area (Å²) in [6, 6.07) is 3.32. The molecule has 0 radical (unpaired) electrons. The van der Waals surface area contributed by atoms with Gasteiger partial charge in [-0.2, -0.15) is 5.10 Å². The third-order valence-electron chi connectivity index (χ3n) is 3.96. The Kier molecular flexibility index (Phi) is 3.23. The molecule has 1 amide bonds. The van der Waals surface area contributed by atoms with Crippen LogP contribution in [0.2, 0.25) is 0 Å². The van der Waals surface area contributed by atoms with Crippen LogP contribution in [0.25, 0.3) is 11.3 Å². The first-order valence-corrected chi connectivity index (χ1v) is 6.74. The van der Waals surface area contributed by atoms with Crippen molar-refractivity contribution in [2.24, 2.45) is 7.05 Å². The van der Waals surface area contributed by atoms with Crippen LogP contribution in [0.15, 0.2) is 18.2 Å². The summed E-state index contributed by atoms with van der Waals surface area (Å²) in [6.45, 7) is 2.48. The fraction of sp³-hybridized carbons (Fsp3) is 0.333. The third kappa shape index (κ3) is 2.20. The van der Waals surface area contributed by atoms with Gasteiger partial charge in [0.05, 0.1) is 17.4 Å². The summed E-state index contributed by atoms with van der Waals surface area (Å²) in [6.07, 6.45) is 1.43. The van der Waals surface area contributed by atoms with Gasteiger partial charge in [0, 0.05) is 30.8 Å². The highest BCUT2D eigenvalue weighted by atomic mass is 19.1. The Labute approximate surface area is 121 Å². The normalized spacial score (nSPS) is 17.7. The van der Waals surface area contributed by atoms with Crippen LogP contribution < -0.4 is 0 Å². The summed E-state index contributed by atoms with van der Waals surface area (Å²) in [7, 11) is 1.74. The van der Waals surface area contributed by atoms with E-state index >= 15 is 0 Å². The molecular formula is C15H15F2N3O. The number of rotatable bonds is 2. The molecule has 1 aliphatic heterocycles. The van der Waals surface area contributed by atoms with Gasteiger partial charge in [0.2, 0.25) is 6.41 Å². The predicted molar refractivity (Wildman–Crippen MR) is 73.4 cm³/mol. The van der Waals surface area contributed by atoms with Crippen molar-refractivity contribution in [2.45, 2.75) is 19.4 Å². The highest BCUT2D eigenvalue weighted by Crippen LogP contribution is 2.35. The second-order valence-corrected chi connectivity index (χ2v) is 5.26. The van der Waals surface area contributed by atoms with Crippen LogP contribution in [0.4, 0.5) is 8.78 Å². The molecule has 0 saturated heterocycles. The van der Waals surface area contributed by atoms with Crippen molar-refractivity contribution >= 4 is 6.41 Å². The zero-order valence-electron chi connectivity index (χ0n) is 11.8. The van der Waals surface area contributed by atoms with E-state index in [0.29, 0.717) is 24.2 Å². The molecular weight excluding hydrogens is 276 g/mol. The molecule has 2 aromatic rings. The Morgan fingerprint density at radius 1 is 1.29 bits per heavy atom. The molecule has 0 spiro atoms. The highest BCUT2D eigenvalue weighted by Gasteiger charge is 2.29. The number of carbonyl (C=O) groups is 1. The van der Waals surface area contributed by atoms with Crippen molar-refractivity contribution in [3.8, 4) is 11.3 Å². The largest absolute Gasteiger partial charge is 0.337 e.